The lowest BCUT2D eigenvalue weighted by Gasteiger charge is -2.12. The van der Waals surface area contributed by atoms with E-state index < -0.39 is 12.1 Å². The molecule has 2 aromatic rings. The minimum atomic E-state index is -0.577. The molecule has 0 saturated carbocycles. The smallest absolute Gasteiger partial charge is 0.412 e. The lowest BCUT2D eigenvalue weighted by Crippen LogP contribution is -2.30. The van der Waals surface area contributed by atoms with Crippen molar-refractivity contribution in [3.05, 3.63) is 49.1 Å². The highest BCUT2D eigenvalue weighted by Crippen LogP contribution is 2.32. The number of carbonyl (C=O) groups is 2. The van der Waals surface area contributed by atoms with E-state index in [1.54, 1.807) is 19.2 Å². The van der Waals surface area contributed by atoms with E-state index in [9.17, 15) is 9.59 Å². The highest BCUT2D eigenvalue weighted by atomic mass is 16.6. The van der Waals surface area contributed by atoms with Crippen molar-refractivity contribution in [2.75, 3.05) is 59.9 Å². The van der Waals surface area contributed by atoms with Crippen LogP contribution in [-0.4, -0.2) is 72.0 Å². The van der Waals surface area contributed by atoms with Crippen molar-refractivity contribution >= 4 is 22.8 Å². The van der Waals surface area contributed by atoms with Crippen LogP contribution in [0.4, 0.5) is 4.79 Å². The second kappa shape index (κ2) is 14.8. The van der Waals surface area contributed by atoms with Crippen LogP contribution >= 0.6 is 0 Å². The molecular formula is C23H29NO8. The zero-order valence-corrected chi connectivity index (χ0v) is 18.2. The van der Waals surface area contributed by atoms with Gasteiger partial charge in [0.25, 0.3) is 0 Å². The molecule has 0 spiro atoms. The summed E-state index contributed by atoms with van der Waals surface area (Å²) >= 11 is 0. The molecule has 0 fully saturated rings. The summed E-state index contributed by atoms with van der Waals surface area (Å²) < 4.78 is 31.6. The molecule has 0 aliphatic carbocycles. The van der Waals surface area contributed by atoms with Gasteiger partial charge >= 0.3 is 12.1 Å². The molecule has 9 heteroatoms. The first-order valence-electron chi connectivity index (χ1n) is 10.2. The molecule has 0 saturated heterocycles. The van der Waals surface area contributed by atoms with Gasteiger partial charge in [-0.25, -0.2) is 9.59 Å². The lowest BCUT2D eigenvalue weighted by atomic mass is 10.1. The Labute approximate surface area is 187 Å². The third-order valence-corrected chi connectivity index (χ3v) is 4.12. The molecule has 174 valence electrons. The maximum Gasteiger partial charge on any atom is 0.412 e. The minimum absolute atomic E-state index is 0.160. The summed E-state index contributed by atoms with van der Waals surface area (Å²) in [4.78, 5) is 23.0. The Kier molecular flexibility index (Phi) is 11.6. The first-order valence-corrected chi connectivity index (χ1v) is 10.2. The molecule has 0 bridgehead atoms. The number of rotatable bonds is 15. The molecule has 0 radical (unpaired) electrons. The molecule has 2 aromatic carbocycles. The number of nitrogens with one attached hydrogen (secondary N) is 1. The average molecular weight is 447 g/mol. The van der Waals surface area contributed by atoms with Crippen LogP contribution in [0.15, 0.2) is 49.1 Å². The van der Waals surface area contributed by atoms with E-state index >= 15 is 0 Å². The zero-order valence-electron chi connectivity index (χ0n) is 18.2. The number of fused-ring (bicyclic) bond motifs is 1. The van der Waals surface area contributed by atoms with Crippen LogP contribution in [0.5, 0.6) is 11.5 Å². The molecule has 1 amide bonds. The van der Waals surface area contributed by atoms with E-state index in [2.05, 4.69) is 11.9 Å². The van der Waals surface area contributed by atoms with Gasteiger partial charge in [-0.2, -0.15) is 0 Å². The fourth-order valence-electron chi connectivity index (χ4n) is 2.65. The van der Waals surface area contributed by atoms with Gasteiger partial charge in [0.15, 0.2) is 0 Å². The number of carbonyl (C=O) groups excluding carboxylic acids is 2. The third kappa shape index (κ3) is 8.93. The lowest BCUT2D eigenvalue weighted by molar-refractivity contribution is -0.139. The van der Waals surface area contributed by atoms with E-state index in [1.807, 2.05) is 24.3 Å². The minimum Gasteiger partial charge on any atom is -0.491 e. The van der Waals surface area contributed by atoms with Crippen LogP contribution in [0.2, 0.25) is 0 Å². The Morgan fingerprint density at radius 1 is 0.875 bits per heavy atom. The Hall–Kier alpha value is -3.14. The van der Waals surface area contributed by atoms with Crippen molar-refractivity contribution in [2.24, 2.45) is 0 Å². The second-order valence-electron chi connectivity index (χ2n) is 6.36. The van der Waals surface area contributed by atoms with E-state index in [4.69, 9.17) is 28.4 Å². The van der Waals surface area contributed by atoms with E-state index in [0.29, 0.717) is 44.5 Å². The summed E-state index contributed by atoms with van der Waals surface area (Å²) in [5, 5.41) is 4.25. The molecule has 2 rings (SSSR count). The van der Waals surface area contributed by atoms with Crippen molar-refractivity contribution < 1.29 is 38.0 Å². The first-order chi connectivity index (χ1) is 15.7. The molecule has 32 heavy (non-hydrogen) atoms. The largest absolute Gasteiger partial charge is 0.491 e. The van der Waals surface area contributed by atoms with Crippen LogP contribution < -0.4 is 14.8 Å². The van der Waals surface area contributed by atoms with Gasteiger partial charge in [0.1, 0.15) is 24.7 Å². The van der Waals surface area contributed by atoms with Gasteiger partial charge in [-0.15, -0.1) is 0 Å². The molecule has 0 atom stereocenters. The SMILES string of the molecule is C=CC(=O)OCCOCCOCCNC(=O)Oc1cccc2c(OCCOC)cccc12. The fraction of sp³-hybridized carbons (Fsp3) is 0.391. The van der Waals surface area contributed by atoms with E-state index in [1.165, 1.54) is 0 Å². The fourth-order valence-corrected chi connectivity index (χ4v) is 2.65. The standard InChI is InChI=1S/C23H29NO8/c1-3-22(25)31-17-15-29-14-13-28-11-10-24-23(26)32-21-9-5-6-18-19(21)7-4-8-20(18)30-16-12-27-2/h3-9H,1,10-17H2,2H3,(H,24,26). The van der Waals surface area contributed by atoms with Crippen LogP contribution in [0.25, 0.3) is 10.8 Å². The number of methoxy groups -OCH3 is 1. The molecule has 0 aliphatic heterocycles. The van der Waals surface area contributed by atoms with Crippen LogP contribution in [0.1, 0.15) is 0 Å². The van der Waals surface area contributed by atoms with E-state index in [-0.39, 0.29) is 19.8 Å². The molecule has 9 nitrogen and oxygen atoms in total. The number of benzene rings is 2. The Morgan fingerprint density at radius 3 is 2.25 bits per heavy atom. The summed E-state index contributed by atoms with van der Waals surface area (Å²) in [7, 11) is 1.61. The molecule has 1 N–H and O–H groups in total. The number of hydrogen-bond acceptors (Lipinski definition) is 8. The van der Waals surface area contributed by atoms with Gasteiger partial charge in [0.05, 0.1) is 33.0 Å². The van der Waals surface area contributed by atoms with E-state index in [0.717, 1.165) is 16.8 Å². The second-order valence-corrected chi connectivity index (χ2v) is 6.36. The summed E-state index contributed by atoms with van der Waals surface area (Å²) in [6.45, 7) is 5.92. The number of amides is 1. The summed E-state index contributed by atoms with van der Waals surface area (Å²) in [6, 6.07) is 11.0. The quantitative estimate of drug-likeness (QED) is 0.253. The summed E-state index contributed by atoms with van der Waals surface area (Å²) in [5.41, 5.74) is 0. The molecule has 0 heterocycles. The highest BCUT2D eigenvalue weighted by molar-refractivity contribution is 5.94. The Balaban J connectivity index is 1.67. The monoisotopic (exact) mass is 447 g/mol. The summed E-state index contributed by atoms with van der Waals surface area (Å²) in [5.74, 6) is 0.644. The van der Waals surface area contributed by atoms with Crippen LogP contribution in [0.3, 0.4) is 0 Å². The van der Waals surface area contributed by atoms with Gasteiger partial charge in [-0.05, 0) is 12.1 Å². The highest BCUT2D eigenvalue weighted by Gasteiger charge is 2.10. The maximum atomic E-state index is 12.1. The normalized spacial score (nSPS) is 10.5. The van der Waals surface area contributed by atoms with Crippen LogP contribution in [-0.2, 0) is 23.7 Å². The number of ether oxygens (including phenoxy) is 6. The van der Waals surface area contributed by atoms with Crippen molar-refractivity contribution in [1.29, 1.82) is 0 Å². The van der Waals surface area contributed by atoms with Gasteiger partial charge in [0.2, 0.25) is 0 Å². The predicted molar refractivity (Wildman–Crippen MR) is 118 cm³/mol. The van der Waals surface area contributed by atoms with Crippen molar-refractivity contribution in [1.82, 2.24) is 5.32 Å². The average Bonchev–Trinajstić information content (AvgIpc) is 2.80. The number of esters is 1. The van der Waals surface area contributed by atoms with Crippen molar-refractivity contribution in [2.45, 2.75) is 0 Å². The van der Waals surface area contributed by atoms with Gasteiger partial charge in [0, 0.05) is 30.5 Å². The molecule has 0 aliphatic rings. The van der Waals surface area contributed by atoms with Gasteiger partial charge < -0.3 is 33.7 Å². The van der Waals surface area contributed by atoms with Crippen molar-refractivity contribution in [3.8, 4) is 11.5 Å². The van der Waals surface area contributed by atoms with Gasteiger partial charge in [-0.3, -0.25) is 0 Å². The summed E-state index contributed by atoms with van der Waals surface area (Å²) in [6.07, 6.45) is 0.518. The molecule has 0 unspecified atom stereocenters. The van der Waals surface area contributed by atoms with Crippen molar-refractivity contribution in [3.63, 3.8) is 0 Å². The van der Waals surface area contributed by atoms with Gasteiger partial charge in [-0.1, -0.05) is 30.8 Å². The Bertz CT molecular complexity index is 870. The topological polar surface area (TPSA) is 102 Å². The van der Waals surface area contributed by atoms with Crippen LogP contribution in [0, 0.1) is 0 Å². The Morgan fingerprint density at radius 2 is 1.53 bits per heavy atom. The first kappa shape index (κ1) is 25.1. The molecular weight excluding hydrogens is 418 g/mol. The zero-order chi connectivity index (χ0) is 23.0. The molecule has 0 aromatic heterocycles. The maximum absolute atomic E-state index is 12.1. The predicted octanol–water partition coefficient (Wildman–Crippen LogP) is 2.72. The number of hydrogen-bond donors (Lipinski definition) is 1. The third-order valence-electron chi connectivity index (χ3n) is 4.12.